The molecule has 0 aliphatic carbocycles. The summed E-state index contributed by atoms with van der Waals surface area (Å²) >= 11 is 0. The van der Waals surface area contributed by atoms with Gasteiger partial charge in [0.25, 0.3) is 0 Å². The number of carbonyl (C=O) groups excluding carboxylic acids is 1. The predicted octanol–water partition coefficient (Wildman–Crippen LogP) is 2.45. The van der Waals surface area contributed by atoms with E-state index in [0.29, 0.717) is 25.4 Å². The molecule has 0 aromatic heterocycles. The van der Waals surface area contributed by atoms with E-state index in [4.69, 9.17) is 19.3 Å². The van der Waals surface area contributed by atoms with E-state index in [1.165, 1.54) is 6.92 Å². The van der Waals surface area contributed by atoms with E-state index in [1.807, 2.05) is 0 Å². The van der Waals surface area contributed by atoms with Gasteiger partial charge in [-0.1, -0.05) is 20.8 Å². The maximum absolute atomic E-state index is 11.0. The van der Waals surface area contributed by atoms with Crippen LogP contribution >= 0.6 is 0 Å². The molecule has 1 rings (SSSR count). The first-order chi connectivity index (χ1) is 10.3. The van der Waals surface area contributed by atoms with E-state index >= 15 is 0 Å². The summed E-state index contributed by atoms with van der Waals surface area (Å²) in [6.45, 7) is 8.44. The molecule has 0 radical (unpaired) electrons. The van der Waals surface area contributed by atoms with Gasteiger partial charge in [-0.25, -0.2) is 0 Å². The first-order valence-electron chi connectivity index (χ1n) is 7.95. The highest BCUT2D eigenvalue weighted by atomic mass is 16.7. The zero-order valence-corrected chi connectivity index (χ0v) is 13.9. The van der Waals surface area contributed by atoms with Gasteiger partial charge in [0, 0.05) is 25.9 Å². The Balaban J connectivity index is 2.43. The van der Waals surface area contributed by atoms with Crippen molar-refractivity contribution in [2.45, 2.75) is 59.4 Å². The van der Waals surface area contributed by atoms with Crippen LogP contribution in [0.25, 0.3) is 0 Å². The van der Waals surface area contributed by atoms with Crippen molar-refractivity contribution in [3.05, 3.63) is 0 Å². The largest absolute Gasteiger partial charge is 0.481 e. The summed E-state index contributed by atoms with van der Waals surface area (Å²) < 4.78 is 16.8. The number of esters is 1. The van der Waals surface area contributed by atoms with Crippen molar-refractivity contribution in [1.82, 2.24) is 0 Å². The molecule has 22 heavy (non-hydrogen) atoms. The van der Waals surface area contributed by atoms with Crippen molar-refractivity contribution in [1.29, 1.82) is 0 Å². The van der Waals surface area contributed by atoms with Gasteiger partial charge in [-0.15, -0.1) is 0 Å². The number of carboxylic acid groups (broad SMARTS) is 1. The number of rotatable bonds is 8. The molecule has 0 spiro atoms. The molecule has 5 atom stereocenters. The molecular weight excluding hydrogens is 288 g/mol. The summed E-state index contributed by atoms with van der Waals surface area (Å²) in [4.78, 5) is 21.4. The highest BCUT2D eigenvalue weighted by molar-refractivity contribution is 5.66. The summed E-state index contributed by atoms with van der Waals surface area (Å²) in [5, 5.41) is 8.60. The fourth-order valence-electron chi connectivity index (χ4n) is 2.64. The number of ether oxygens (including phenoxy) is 3. The number of hydrogen-bond acceptors (Lipinski definition) is 5. The lowest BCUT2D eigenvalue weighted by Gasteiger charge is -2.43. The van der Waals surface area contributed by atoms with Crippen molar-refractivity contribution < 1.29 is 28.9 Å². The van der Waals surface area contributed by atoms with Crippen LogP contribution in [0.3, 0.4) is 0 Å². The second kappa shape index (κ2) is 9.10. The van der Waals surface area contributed by atoms with E-state index < -0.39 is 5.97 Å². The van der Waals surface area contributed by atoms with Crippen LogP contribution in [0.4, 0.5) is 0 Å². The summed E-state index contributed by atoms with van der Waals surface area (Å²) in [5.74, 6) is -0.193. The summed E-state index contributed by atoms with van der Waals surface area (Å²) in [7, 11) is 0. The molecule has 1 heterocycles. The van der Waals surface area contributed by atoms with Gasteiger partial charge in [0.2, 0.25) is 0 Å². The highest BCUT2D eigenvalue weighted by Gasteiger charge is 2.39. The van der Waals surface area contributed by atoms with Crippen molar-refractivity contribution in [2.75, 3.05) is 13.2 Å². The van der Waals surface area contributed by atoms with E-state index in [0.717, 1.165) is 0 Å². The Kier molecular flexibility index (Phi) is 7.82. The smallest absolute Gasteiger partial charge is 0.303 e. The SMILES string of the molecule is CC(=O)OCC1O[C@@H](OCCCCC(=O)O)C(C)[C@@H](C)[C@H]1C. The number of carboxylic acids is 1. The first kappa shape index (κ1) is 18.9. The third kappa shape index (κ3) is 5.93. The monoisotopic (exact) mass is 316 g/mol. The fourth-order valence-corrected chi connectivity index (χ4v) is 2.64. The Morgan fingerprint density at radius 3 is 2.36 bits per heavy atom. The molecule has 1 saturated heterocycles. The zero-order valence-electron chi connectivity index (χ0n) is 13.9. The molecule has 6 nitrogen and oxygen atoms in total. The summed E-state index contributed by atoms with van der Waals surface area (Å²) in [6, 6.07) is 0. The Labute approximate surface area is 132 Å². The molecule has 0 aromatic carbocycles. The Morgan fingerprint density at radius 2 is 1.77 bits per heavy atom. The van der Waals surface area contributed by atoms with Gasteiger partial charge in [0.15, 0.2) is 6.29 Å². The summed E-state index contributed by atoms with van der Waals surface area (Å²) in [5.41, 5.74) is 0. The van der Waals surface area contributed by atoms with E-state index in [9.17, 15) is 9.59 Å². The van der Waals surface area contributed by atoms with Gasteiger partial charge in [-0.3, -0.25) is 9.59 Å². The third-order valence-corrected chi connectivity index (χ3v) is 4.50. The van der Waals surface area contributed by atoms with E-state index in [2.05, 4.69) is 20.8 Å². The molecule has 1 N–H and O–H groups in total. The minimum atomic E-state index is -0.786. The molecule has 0 saturated carbocycles. The van der Waals surface area contributed by atoms with Crippen molar-refractivity contribution in [3.63, 3.8) is 0 Å². The van der Waals surface area contributed by atoms with E-state index in [1.54, 1.807) is 0 Å². The fraction of sp³-hybridized carbons (Fsp3) is 0.875. The minimum Gasteiger partial charge on any atom is -0.481 e. The molecule has 1 aliphatic heterocycles. The molecule has 1 fully saturated rings. The lowest BCUT2D eigenvalue weighted by molar-refractivity contribution is -0.255. The lowest BCUT2D eigenvalue weighted by atomic mass is 9.79. The van der Waals surface area contributed by atoms with Crippen LogP contribution in [0.5, 0.6) is 0 Å². The number of unbranched alkanes of at least 4 members (excludes halogenated alkanes) is 1. The average molecular weight is 316 g/mol. The first-order valence-corrected chi connectivity index (χ1v) is 7.95. The molecule has 128 valence electrons. The topological polar surface area (TPSA) is 82.1 Å². The molecule has 0 bridgehead atoms. The molecule has 2 unspecified atom stereocenters. The van der Waals surface area contributed by atoms with Gasteiger partial charge < -0.3 is 19.3 Å². The van der Waals surface area contributed by atoms with Crippen LogP contribution in [0.1, 0.15) is 47.0 Å². The van der Waals surface area contributed by atoms with Crippen LogP contribution in [-0.2, 0) is 23.8 Å². The predicted molar refractivity (Wildman–Crippen MR) is 80.2 cm³/mol. The second-order valence-corrected chi connectivity index (χ2v) is 6.14. The van der Waals surface area contributed by atoms with Gasteiger partial charge in [0.05, 0.1) is 6.10 Å². The van der Waals surface area contributed by atoms with Crippen LogP contribution in [0.15, 0.2) is 0 Å². The maximum atomic E-state index is 11.0. The summed E-state index contributed by atoms with van der Waals surface area (Å²) in [6.07, 6.45) is 0.944. The third-order valence-electron chi connectivity index (χ3n) is 4.50. The quantitative estimate of drug-likeness (QED) is 0.547. The number of aliphatic carboxylic acids is 1. The van der Waals surface area contributed by atoms with Gasteiger partial charge in [-0.2, -0.15) is 0 Å². The number of carbonyl (C=O) groups is 2. The second-order valence-electron chi connectivity index (χ2n) is 6.14. The van der Waals surface area contributed by atoms with Crippen LogP contribution in [0, 0.1) is 17.8 Å². The maximum Gasteiger partial charge on any atom is 0.303 e. The van der Waals surface area contributed by atoms with E-state index in [-0.39, 0.29) is 43.2 Å². The van der Waals surface area contributed by atoms with Crippen LogP contribution < -0.4 is 0 Å². The zero-order chi connectivity index (χ0) is 16.7. The lowest BCUT2D eigenvalue weighted by Crippen LogP contribution is -2.47. The molecular formula is C16H28O6. The Hall–Kier alpha value is -1.14. The molecule has 0 amide bonds. The highest BCUT2D eigenvalue weighted by Crippen LogP contribution is 2.35. The Morgan fingerprint density at radius 1 is 1.09 bits per heavy atom. The standard InChI is InChI=1S/C16H28O6/c1-10-11(2)14(9-21-13(4)17)22-16(12(10)3)20-8-6-5-7-15(18)19/h10-12,14,16H,5-9H2,1-4H3,(H,18,19)/t10-,11+,12?,14?,16+/m0/s1. The Bertz CT molecular complexity index is 370. The average Bonchev–Trinajstić information content (AvgIpc) is 2.45. The molecule has 1 aliphatic rings. The van der Waals surface area contributed by atoms with Crippen molar-refractivity contribution in [3.8, 4) is 0 Å². The molecule has 0 aromatic rings. The van der Waals surface area contributed by atoms with Crippen molar-refractivity contribution >= 4 is 11.9 Å². The minimum absolute atomic E-state index is 0.160. The van der Waals surface area contributed by atoms with Gasteiger partial charge >= 0.3 is 11.9 Å². The van der Waals surface area contributed by atoms with Crippen LogP contribution in [0.2, 0.25) is 0 Å². The normalized spacial score (nSPS) is 31.7. The van der Waals surface area contributed by atoms with Crippen LogP contribution in [-0.4, -0.2) is 42.7 Å². The number of hydrogen-bond donors (Lipinski definition) is 1. The van der Waals surface area contributed by atoms with Crippen molar-refractivity contribution in [2.24, 2.45) is 17.8 Å². The van der Waals surface area contributed by atoms with Gasteiger partial charge in [-0.05, 0) is 24.7 Å². The van der Waals surface area contributed by atoms with Gasteiger partial charge in [0.1, 0.15) is 6.61 Å². The molecule has 6 heteroatoms.